The van der Waals surface area contributed by atoms with Crippen molar-refractivity contribution in [3.63, 3.8) is 0 Å². The fourth-order valence-corrected chi connectivity index (χ4v) is 1.17. The summed E-state index contributed by atoms with van der Waals surface area (Å²) in [4.78, 5) is 11.0. The summed E-state index contributed by atoms with van der Waals surface area (Å²) in [5.41, 5.74) is -0.117. The molecule has 14 heavy (non-hydrogen) atoms. The van der Waals surface area contributed by atoms with Gasteiger partial charge in [0, 0.05) is 5.56 Å². The van der Waals surface area contributed by atoms with Gasteiger partial charge in [0.25, 0.3) is 0 Å². The number of carbonyl (C=O) groups is 1. The van der Waals surface area contributed by atoms with Crippen molar-refractivity contribution >= 4 is 17.6 Å². The second kappa shape index (κ2) is 4.37. The van der Waals surface area contributed by atoms with Gasteiger partial charge in [0.2, 0.25) is 0 Å². The van der Waals surface area contributed by atoms with E-state index >= 15 is 0 Å². The van der Waals surface area contributed by atoms with Crippen LogP contribution in [0.2, 0.25) is 0 Å². The molecule has 0 heterocycles. The molecule has 0 bridgehead atoms. The molecule has 0 amide bonds. The van der Waals surface area contributed by atoms with Crippen LogP contribution in [-0.4, -0.2) is 13.1 Å². The molecule has 1 aromatic carbocycles. The summed E-state index contributed by atoms with van der Waals surface area (Å²) in [5.74, 6) is -3.07. The van der Waals surface area contributed by atoms with Crippen molar-refractivity contribution in [2.75, 3.05) is 7.11 Å². The van der Waals surface area contributed by atoms with Crippen LogP contribution in [0.25, 0.3) is 0 Å². The Morgan fingerprint density at radius 3 is 2.64 bits per heavy atom. The van der Waals surface area contributed by atoms with Crippen molar-refractivity contribution in [3.8, 4) is 0 Å². The highest BCUT2D eigenvalue weighted by Crippen LogP contribution is 2.17. The Morgan fingerprint density at radius 2 is 2.14 bits per heavy atom. The van der Waals surface area contributed by atoms with Gasteiger partial charge in [-0.1, -0.05) is 0 Å². The second-order valence-corrected chi connectivity index (χ2v) is 2.82. The number of hydrogen-bond donors (Lipinski definition) is 0. The van der Waals surface area contributed by atoms with Crippen LogP contribution in [0.5, 0.6) is 0 Å². The third kappa shape index (κ3) is 2.01. The molecule has 0 aliphatic carbocycles. The van der Waals surface area contributed by atoms with Gasteiger partial charge in [0.15, 0.2) is 11.6 Å². The highest BCUT2D eigenvalue weighted by atomic mass is 35.5. The Hall–Kier alpha value is -1.16. The molecule has 0 saturated carbocycles. The van der Waals surface area contributed by atoms with Gasteiger partial charge in [-0.2, -0.15) is 0 Å². The van der Waals surface area contributed by atoms with Gasteiger partial charge in [-0.05, 0) is 12.1 Å². The summed E-state index contributed by atoms with van der Waals surface area (Å²) in [6.45, 7) is 0. The van der Waals surface area contributed by atoms with Gasteiger partial charge in [-0.15, -0.1) is 11.6 Å². The summed E-state index contributed by atoms with van der Waals surface area (Å²) in [6, 6.07) is 1.94. The van der Waals surface area contributed by atoms with E-state index in [1.807, 2.05) is 0 Å². The minimum atomic E-state index is -1.11. The maximum Gasteiger partial charge on any atom is 0.337 e. The minimum Gasteiger partial charge on any atom is -0.465 e. The molecule has 0 radical (unpaired) electrons. The van der Waals surface area contributed by atoms with Crippen LogP contribution in [0, 0.1) is 11.6 Å². The summed E-state index contributed by atoms with van der Waals surface area (Å²) in [7, 11) is 1.16. The summed E-state index contributed by atoms with van der Waals surface area (Å²) >= 11 is 5.37. The standard InChI is InChI=1S/C9H7ClF2O2/c1-14-9(13)5-2-6(4-10)8(12)7(11)3-5/h2-3H,4H2,1H3. The van der Waals surface area contributed by atoms with Crippen LogP contribution in [-0.2, 0) is 10.6 Å². The first-order valence-corrected chi connectivity index (χ1v) is 4.25. The number of alkyl halides is 1. The van der Waals surface area contributed by atoms with E-state index in [1.54, 1.807) is 0 Å². The van der Waals surface area contributed by atoms with Gasteiger partial charge in [0.05, 0.1) is 18.6 Å². The van der Waals surface area contributed by atoms with E-state index < -0.39 is 17.6 Å². The first-order valence-electron chi connectivity index (χ1n) is 3.72. The monoisotopic (exact) mass is 220 g/mol. The Bertz CT molecular complexity index is 366. The predicted octanol–water partition coefficient (Wildman–Crippen LogP) is 2.49. The third-order valence-electron chi connectivity index (χ3n) is 1.67. The van der Waals surface area contributed by atoms with E-state index in [4.69, 9.17) is 11.6 Å². The maximum absolute atomic E-state index is 12.9. The smallest absolute Gasteiger partial charge is 0.337 e. The van der Waals surface area contributed by atoms with Crippen molar-refractivity contribution in [1.82, 2.24) is 0 Å². The van der Waals surface area contributed by atoms with Crippen LogP contribution in [0.1, 0.15) is 15.9 Å². The number of esters is 1. The Labute approximate surface area is 84.4 Å². The topological polar surface area (TPSA) is 26.3 Å². The van der Waals surface area contributed by atoms with Gasteiger partial charge in [0.1, 0.15) is 0 Å². The number of benzene rings is 1. The fraction of sp³-hybridized carbons (Fsp3) is 0.222. The number of halogens is 3. The third-order valence-corrected chi connectivity index (χ3v) is 1.96. The van der Waals surface area contributed by atoms with Crippen LogP contribution >= 0.6 is 11.6 Å². The second-order valence-electron chi connectivity index (χ2n) is 2.56. The van der Waals surface area contributed by atoms with E-state index in [0.717, 1.165) is 19.2 Å². The number of ether oxygens (including phenoxy) is 1. The molecule has 0 fully saturated rings. The van der Waals surface area contributed by atoms with E-state index in [-0.39, 0.29) is 17.0 Å². The summed E-state index contributed by atoms with van der Waals surface area (Å²) in [6.07, 6.45) is 0. The van der Waals surface area contributed by atoms with Crippen LogP contribution in [0.15, 0.2) is 12.1 Å². The van der Waals surface area contributed by atoms with Gasteiger partial charge < -0.3 is 4.74 Å². The van der Waals surface area contributed by atoms with Gasteiger partial charge >= 0.3 is 5.97 Å². The molecule has 1 rings (SSSR count). The molecule has 0 aliphatic heterocycles. The van der Waals surface area contributed by atoms with E-state index in [1.165, 1.54) is 0 Å². The lowest BCUT2D eigenvalue weighted by Gasteiger charge is -2.03. The lowest BCUT2D eigenvalue weighted by Crippen LogP contribution is -2.04. The number of methoxy groups -OCH3 is 1. The molecule has 0 unspecified atom stereocenters. The molecule has 0 atom stereocenters. The van der Waals surface area contributed by atoms with Crippen LogP contribution < -0.4 is 0 Å². The lowest BCUT2D eigenvalue weighted by molar-refractivity contribution is 0.0600. The molecule has 2 nitrogen and oxygen atoms in total. The van der Waals surface area contributed by atoms with E-state index in [9.17, 15) is 13.6 Å². The molecule has 0 aromatic heterocycles. The normalized spacial score (nSPS) is 10.0. The molecule has 0 spiro atoms. The largest absolute Gasteiger partial charge is 0.465 e. The highest BCUT2D eigenvalue weighted by Gasteiger charge is 2.14. The molecule has 76 valence electrons. The summed E-state index contributed by atoms with van der Waals surface area (Å²) < 4.78 is 30.2. The summed E-state index contributed by atoms with van der Waals surface area (Å²) in [5, 5.41) is 0. The first-order chi connectivity index (χ1) is 6.60. The fourth-order valence-electron chi connectivity index (χ4n) is 0.979. The van der Waals surface area contributed by atoms with Crippen molar-refractivity contribution in [2.24, 2.45) is 0 Å². The maximum atomic E-state index is 12.9. The van der Waals surface area contributed by atoms with Crippen LogP contribution in [0.4, 0.5) is 8.78 Å². The van der Waals surface area contributed by atoms with Crippen molar-refractivity contribution in [3.05, 3.63) is 34.9 Å². The molecule has 0 aliphatic rings. The molecule has 0 saturated heterocycles. The van der Waals surface area contributed by atoms with E-state index in [2.05, 4.69) is 4.74 Å². The first kappa shape index (κ1) is 10.9. The quantitative estimate of drug-likeness (QED) is 0.565. The SMILES string of the molecule is COC(=O)c1cc(F)c(F)c(CCl)c1. The molecular formula is C9H7ClF2O2. The zero-order chi connectivity index (χ0) is 10.7. The average molecular weight is 221 g/mol. The molecule has 1 aromatic rings. The molecule has 0 N–H and O–H groups in total. The van der Waals surface area contributed by atoms with Gasteiger partial charge in [-0.3, -0.25) is 0 Å². The number of rotatable bonds is 2. The zero-order valence-corrected chi connectivity index (χ0v) is 8.07. The number of carbonyl (C=O) groups excluding carboxylic acids is 1. The van der Waals surface area contributed by atoms with Gasteiger partial charge in [-0.25, -0.2) is 13.6 Å². The molecule has 5 heteroatoms. The van der Waals surface area contributed by atoms with Crippen molar-refractivity contribution in [2.45, 2.75) is 5.88 Å². The predicted molar refractivity (Wildman–Crippen MR) is 47.3 cm³/mol. The minimum absolute atomic E-state index is 0.0537. The highest BCUT2D eigenvalue weighted by molar-refractivity contribution is 6.17. The average Bonchev–Trinajstić information content (AvgIpc) is 2.20. The number of hydrogen-bond acceptors (Lipinski definition) is 2. The zero-order valence-electron chi connectivity index (χ0n) is 7.31. The lowest BCUT2D eigenvalue weighted by atomic mass is 10.1. The Morgan fingerprint density at radius 1 is 1.50 bits per heavy atom. The van der Waals surface area contributed by atoms with Crippen molar-refractivity contribution in [1.29, 1.82) is 0 Å². The van der Waals surface area contributed by atoms with Crippen LogP contribution in [0.3, 0.4) is 0 Å². The Kier molecular flexibility index (Phi) is 3.41. The van der Waals surface area contributed by atoms with E-state index in [0.29, 0.717) is 0 Å². The van der Waals surface area contributed by atoms with Crippen molar-refractivity contribution < 1.29 is 18.3 Å². The molecular weight excluding hydrogens is 214 g/mol. The Balaban J connectivity index is 3.22.